The van der Waals surface area contributed by atoms with Crippen molar-refractivity contribution in [2.24, 2.45) is 0 Å². The van der Waals surface area contributed by atoms with E-state index in [0.717, 1.165) is 43.5 Å². The Balaban J connectivity index is 1.19. The Morgan fingerprint density at radius 3 is 2.14 bits per heavy atom. The number of hydrogen-bond acceptors (Lipinski definition) is 4. The third-order valence-corrected chi connectivity index (χ3v) is 11.7. The molecule has 0 spiro atoms. The fourth-order valence-corrected chi connectivity index (χ4v) is 9.27. The third-order valence-electron chi connectivity index (χ3n) is 9.76. The molecule has 0 amide bonds. The van der Waals surface area contributed by atoms with E-state index in [1.54, 1.807) is 0 Å². The number of fused-ring (bicyclic) bond motifs is 7. The topological polar surface area (TPSA) is 28.4 Å². The van der Waals surface area contributed by atoms with Gasteiger partial charge in [0.1, 0.15) is 5.58 Å². The summed E-state index contributed by atoms with van der Waals surface area (Å²) in [4.78, 5) is 3.63. The zero-order chi connectivity index (χ0) is 33.2. The molecule has 1 N–H and O–H groups in total. The second-order valence-electron chi connectivity index (χ2n) is 12.7. The normalized spacial score (nSPS) is 14.0. The summed E-state index contributed by atoms with van der Waals surface area (Å²) in [5.74, 6) is 0. The zero-order valence-electron chi connectivity index (χ0n) is 26.8. The number of rotatable bonds is 5. The van der Waals surface area contributed by atoms with Crippen molar-refractivity contribution in [1.29, 1.82) is 0 Å². The first kappa shape index (κ1) is 29.5. The molecule has 10 rings (SSSR count). The van der Waals surface area contributed by atoms with Gasteiger partial charge in [0.2, 0.25) is 0 Å². The van der Waals surface area contributed by atoms with Crippen LogP contribution >= 0.6 is 11.8 Å². The summed E-state index contributed by atoms with van der Waals surface area (Å²) in [5, 5.41) is 11.1. The summed E-state index contributed by atoms with van der Waals surface area (Å²) in [6.07, 6.45) is 0. The number of anilines is 4. The van der Waals surface area contributed by atoms with Gasteiger partial charge in [0.25, 0.3) is 0 Å². The van der Waals surface area contributed by atoms with Crippen LogP contribution in [0.2, 0.25) is 0 Å². The molecule has 5 heteroatoms. The number of para-hydroxylation sites is 2. The molecule has 1 aliphatic heterocycles. The van der Waals surface area contributed by atoms with Crippen LogP contribution in [-0.2, 0) is 0 Å². The van der Waals surface area contributed by atoms with Crippen LogP contribution in [0.15, 0.2) is 173 Å². The summed E-state index contributed by atoms with van der Waals surface area (Å²) in [7, 11) is 0. The molecule has 1 atom stereocenters. The summed E-state index contributed by atoms with van der Waals surface area (Å²) in [6, 6.07) is 58.5. The zero-order valence-corrected chi connectivity index (χ0v) is 29.4. The molecule has 0 saturated heterocycles. The molecule has 0 saturated carbocycles. The summed E-state index contributed by atoms with van der Waals surface area (Å²) < 4.78 is 7.52. The maximum absolute atomic E-state index is 6.38. The molecule has 1 aliphatic rings. The van der Waals surface area contributed by atoms with Gasteiger partial charge >= 0.3 is 269 Å². The molecule has 0 bridgehead atoms. The first-order valence-electron chi connectivity index (χ1n) is 16.7. The maximum atomic E-state index is 6.38. The molecule has 1 aromatic heterocycles. The van der Waals surface area contributed by atoms with Crippen LogP contribution < -0.4 is 14.7 Å². The van der Waals surface area contributed by atoms with Gasteiger partial charge in [0.15, 0.2) is 0 Å². The molecular formula is C45H29N2OSSe. The number of benzene rings is 8. The Bertz CT molecular complexity index is 2740. The van der Waals surface area contributed by atoms with Crippen molar-refractivity contribution in [3.63, 3.8) is 0 Å². The van der Waals surface area contributed by atoms with Crippen molar-refractivity contribution in [1.82, 2.24) is 0 Å². The number of furan rings is 1. The van der Waals surface area contributed by atoms with Crippen molar-refractivity contribution < 1.29 is 4.42 Å². The van der Waals surface area contributed by atoms with Gasteiger partial charge in [-0.3, -0.25) is 0 Å². The Labute approximate surface area is 302 Å². The molecule has 237 valence electrons. The van der Waals surface area contributed by atoms with Crippen LogP contribution in [0.25, 0.3) is 54.6 Å². The van der Waals surface area contributed by atoms with E-state index in [9.17, 15) is 0 Å². The second kappa shape index (κ2) is 11.9. The summed E-state index contributed by atoms with van der Waals surface area (Å²) in [6.45, 7) is 0. The van der Waals surface area contributed by atoms with E-state index in [-0.39, 0.29) is 5.37 Å². The van der Waals surface area contributed by atoms with Gasteiger partial charge in [-0.1, -0.05) is 18.2 Å². The number of nitrogens with one attached hydrogen (secondary N) is 1. The molecule has 3 nitrogen and oxygen atoms in total. The van der Waals surface area contributed by atoms with E-state index >= 15 is 0 Å². The van der Waals surface area contributed by atoms with Crippen molar-refractivity contribution >= 4 is 98.5 Å². The second-order valence-corrected chi connectivity index (χ2v) is 14.7. The molecular weight excluding hydrogens is 696 g/mol. The van der Waals surface area contributed by atoms with Gasteiger partial charge in [-0.05, 0) is 6.07 Å². The Morgan fingerprint density at radius 2 is 1.30 bits per heavy atom. The Kier molecular flexibility index (Phi) is 6.99. The van der Waals surface area contributed by atoms with Crippen LogP contribution in [-0.4, -0.2) is 16.0 Å². The predicted octanol–water partition coefficient (Wildman–Crippen LogP) is 12.0. The number of nitrogens with zero attached hydrogens (tertiary/aromatic N) is 1. The average molecular weight is 725 g/mol. The van der Waals surface area contributed by atoms with E-state index < -0.39 is 0 Å². The predicted molar refractivity (Wildman–Crippen MR) is 213 cm³/mol. The monoisotopic (exact) mass is 725 g/mol. The molecule has 0 fully saturated rings. The van der Waals surface area contributed by atoms with E-state index in [2.05, 4.69) is 178 Å². The first-order chi connectivity index (χ1) is 24.7. The van der Waals surface area contributed by atoms with Crippen LogP contribution in [0, 0.1) is 0 Å². The molecule has 8 aromatic carbocycles. The minimum absolute atomic E-state index is 0.161. The first-order valence-corrected chi connectivity index (χ1v) is 18.5. The molecule has 1 unspecified atom stereocenters. The third kappa shape index (κ3) is 4.74. The van der Waals surface area contributed by atoms with E-state index in [1.807, 2.05) is 23.9 Å². The van der Waals surface area contributed by atoms with E-state index in [4.69, 9.17) is 4.42 Å². The van der Waals surface area contributed by atoms with Crippen LogP contribution in [0.3, 0.4) is 0 Å². The molecule has 50 heavy (non-hydrogen) atoms. The van der Waals surface area contributed by atoms with Gasteiger partial charge in [0.05, 0.1) is 0 Å². The van der Waals surface area contributed by atoms with Gasteiger partial charge < -0.3 is 0 Å². The number of hydrogen-bond donors (Lipinski definition) is 1. The van der Waals surface area contributed by atoms with Crippen LogP contribution in [0.5, 0.6) is 0 Å². The average Bonchev–Trinajstić information content (AvgIpc) is 3.77. The van der Waals surface area contributed by atoms with E-state index in [0.29, 0.717) is 0 Å². The molecule has 2 heterocycles. The van der Waals surface area contributed by atoms with Gasteiger partial charge in [-0.2, -0.15) is 0 Å². The SMILES string of the molecule is [Se]c1ccc2c(c1-c1cccc3cc(N(c4ccccc4)c4ccc5c(c4)oc4ccccc45)c4ccccc4c13)NC(c1ccccc1)S2. The van der Waals surface area contributed by atoms with Crippen molar-refractivity contribution in [3.05, 3.63) is 169 Å². The number of thioether (sulfide) groups is 1. The molecule has 9 aromatic rings. The van der Waals surface area contributed by atoms with E-state index in [1.165, 1.54) is 48.8 Å². The standard InChI is InChI=1S/C45H29N2OSSe/c50-41-25-24-40-44(46-45(49-40)28-12-3-1-4-13-28)43(41)36-20-11-14-29-26-37(32-17-7-8-19-35(32)42(29)36)47(30-15-5-2-6-16-30)31-22-23-34-33-18-9-10-21-38(33)48-39(34)27-31/h1-27,45-46H. The summed E-state index contributed by atoms with van der Waals surface area (Å²) >= 11 is 5.28. The Morgan fingerprint density at radius 1 is 0.580 bits per heavy atom. The minimum atomic E-state index is 0.161. The van der Waals surface area contributed by atoms with Gasteiger partial charge in [-0.15, -0.1) is 0 Å². The molecule has 0 aliphatic carbocycles. The fraction of sp³-hybridized carbons (Fsp3) is 0.0222. The van der Waals surface area contributed by atoms with Crippen molar-refractivity contribution in [2.45, 2.75) is 10.3 Å². The van der Waals surface area contributed by atoms with Crippen LogP contribution in [0.4, 0.5) is 22.7 Å². The van der Waals surface area contributed by atoms with Gasteiger partial charge in [0, 0.05) is 5.39 Å². The fourth-order valence-electron chi connectivity index (χ4n) is 7.53. The quantitative estimate of drug-likeness (QED) is 0.141. The molecule has 1 radical (unpaired) electrons. The van der Waals surface area contributed by atoms with Crippen molar-refractivity contribution in [2.75, 3.05) is 10.2 Å². The van der Waals surface area contributed by atoms with Crippen LogP contribution in [0.1, 0.15) is 10.9 Å². The summed E-state index contributed by atoms with van der Waals surface area (Å²) in [5.41, 5.74) is 9.91. The van der Waals surface area contributed by atoms with Crippen molar-refractivity contribution in [3.8, 4) is 11.1 Å². The van der Waals surface area contributed by atoms with Gasteiger partial charge in [-0.25, -0.2) is 0 Å². The Hall–Kier alpha value is -5.45.